The minimum Gasteiger partial charge on any atom is -0.402 e. The van der Waals surface area contributed by atoms with E-state index in [1.54, 1.807) is 0 Å². The molecule has 0 amide bonds. The molecule has 0 aromatic rings. The molecule has 0 radical (unpaired) electrons. The summed E-state index contributed by atoms with van der Waals surface area (Å²) in [5.74, 6) is 0.419. The van der Waals surface area contributed by atoms with Crippen LogP contribution >= 0.6 is 0 Å². The van der Waals surface area contributed by atoms with Gasteiger partial charge in [-0.15, -0.1) is 0 Å². The largest absolute Gasteiger partial charge is 0.402 e. The van der Waals surface area contributed by atoms with Crippen LogP contribution in [0.2, 0.25) is 0 Å². The highest BCUT2D eigenvalue weighted by Gasteiger charge is 2.04. The Kier molecular flexibility index (Phi) is 3.77. The van der Waals surface area contributed by atoms with Crippen molar-refractivity contribution in [3.05, 3.63) is 11.3 Å². The molecule has 0 saturated heterocycles. The van der Waals surface area contributed by atoms with Crippen LogP contribution in [0.3, 0.4) is 0 Å². The van der Waals surface area contributed by atoms with E-state index in [1.165, 1.54) is 6.21 Å². The van der Waals surface area contributed by atoms with Crippen LogP contribution in [0.1, 0.15) is 27.2 Å². The van der Waals surface area contributed by atoms with Crippen molar-refractivity contribution in [2.45, 2.75) is 27.2 Å². The summed E-state index contributed by atoms with van der Waals surface area (Å²) in [6.07, 6.45) is 2.39. The molecule has 0 aromatic heterocycles. The lowest BCUT2D eigenvalue weighted by molar-refractivity contribution is 0.672. The molecule has 0 spiro atoms. The van der Waals surface area contributed by atoms with Crippen LogP contribution in [0, 0.1) is 11.3 Å². The first-order valence-electron chi connectivity index (χ1n) is 3.60. The van der Waals surface area contributed by atoms with E-state index >= 15 is 0 Å². The van der Waals surface area contributed by atoms with Crippen LogP contribution in [-0.4, -0.2) is 6.21 Å². The summed E-state index contributed by atoms with van der Waals surface area (Å²) in [6, 6.07) is 0. The van der Waals surface area contributed by atoms with E-state index < -0.39 is 0 Å². The molecule has 0 aliphatic heterocycles. The third-order valence-corrected chi connectivity index (χ3v) is 1.75. The summed E-state index contributed by atoms with van der Waals surface area (Å²) in [7, 11) is 0. The summed E-state index contributed by atoms with van der Waals surface area (Å²) in [6.45, 7) is 6.01. The molecule has 58 valence electrons. The molecule has 0 rings (SSSR count). The molecule has 0 heterocycles. The number of hydrogen-bond acceptors (Lipinski definition) is 2. The van der Waals surface area contributed by atoms with E-state index in [2.05, 4.69) is 13.8 Å². The molecule has 0 saturated carbocycles. The maximum atomic E-state index is 7.06. The van der Waals surface area contributed by atoms with Gasteiger partial charge in [0.1, 0.15) is 0 Å². The second-order valence-electron chi connectivity index (χ2n) is 2.59. The molecule has 0 aliphatic rings. The summed E-state index contributed by atoms with van der Waals surface area (Å²) < 4.78 is 0. The van der Waals surface area contributed by atoms with Gasteiger partial charge in [0, 0.05) is 11.9 Å². The lowest BCUT2D eigenvalue weighted by atomic mass is 9.98. The zero-order valence-corrected chi connectivity index (χ0v) is 6.94. The molecular formula is C8H16N2. The van der Waals surface area contributed by atoms with E-state index in [0.29, 0.717) is 5.92 Å². The average molecular weight is 140 g/mol. The Morgan fingerprint density at radius 2 is 2.20 bits per heavy atom. The molecule has 0 fully saturated rings. The number of nitrogens with one attached hydrogen (secondary N) is 1. The summed E-state index contributed by atoms with van der Waals surface area (Å²) >= 11 is 0. The zero-order valence-electron chi connectivity index (χ0n) is 6.94. The van der Waals surface area contributed by atoms with Crippen LogP contribution in [0.5, 0.6) is 0 Å². The van der Waals surface area contributed by atoms with Gasteiger partial charge in [0.2, 0.25) is 0 Å². The van der Waals surface area contributed by atoms with Crippen molar-refractivity contribution in [1.82, 2.24) is 0 Å². The number of hydrogen-bond donors (Lipinski definition) is 2. The fourth-order valence-electron chi connectivity index (χ4n) is 0.865. The molecule has 3 N–H and O–H groups in total. The molecule has 1 unspecified atom stereocenters. The second-order valence-corrected chi connectivity index (χ2v) is 2.59. The smallest absolute Gasteiger partial charge is 0.0229 e. The van der Waals surface area contributed by atoms with Gasteiger partial charge in [-0.25, -0.2) is 0 Å². The van der Waals surface area contributed by atoms with Gasteiger partial charge in [-0.2, -0.15) is 0 Å². The van der Waals surface area contributed by atoms with Gasteiger partial charge >= 0.3 is 0 Å². The van der Waals surface area contributed by atoms with E-state index in [0.717, 1.165) is 17.7 Å². The van der Waals surface area contributed by atoms with Crippen LogP contribution in [0.15, 0.2) is 11.3 Å². The summed E-state index contributed by atoms with van der Waals surface area (Å²) in [4.78, 5) is 0. The Labute approximate surface area is 62.6 Å². The first-order valence-corrected chi connectivity index (χ1v) is 3.60. The Hall–Kier alpha value is -0.790. The second kappa shape index (κ2) is 4.09. The van der Waals surface area contributed by atoms with Gasteiger partial charge in [0.25, 0.3) is 0 Å². The van der Waals surface area contributed by atoms with E-state index in [4.69, 9.17) is 11.1 Å². The Morgan fingerprint density at radius 1 is 1.70 bits per heavy atom. The average Bonchev–Trinajstić information content (AvgIpc) is 1.88. The van der Waals surface area contributed by atoms with Gasteiger partial charge in [-0.3, -0.25) is 0 Å². The summed E-state index contributed by atoms with van der Waals surface area (Å²) in [5, 5.41) is 7.06. The van der Waals surface area contributed by atoms with Crippen LogP contribution in [0.4, 0.5) is 0 Å². The maximum absolute atomic E-state index is 7.06. The first kappa shape index (κ1) is 9.21. The molecule has 2 nitrogen and oxygen atoms in total. The fourth-order valence-corrected chi connectivity index (χ4v) is 0.865. The standard InChI is InChI=1S/C8H16N2/c1-4-6(2)8(5-9)7(3)10/h5-6,9H,4,10H2,1-3H3/b8-7+,9-5?. The zero-order chi connectivity index (χ0) is 8.15. The first-order chi connectivity index (χ1) is 4.63. The Balaban J connectivity index is 4.36. The van der Waals surface area contributed by atoms with Crippen molar-refractivity contribution in [2.24, 2.45) is 11.7 Å². The third kappa shape index (κ3) is 2.21. The SMILES string of the molecule is CCC(C)/C(C=N)=C(\C)N. The van der Waals surface area contributed by atoms with Crippen LogP contribution < -0.4 is 5.73 Å². The van der Waals surface area contributed by atoms with E-state index in [9.17, 15) is 0 Å². The lowest BCUT2D eigenvalue weighted by Gasteiger charge is -2.09. The highest BCUT2D eigenvalue weighted by atomic mass is 14.6. The highest BCUT2D eigenvalue weighted by molar-refractivity contribution is 5.77. The molecular weight excluding hydrogens is 124 g/mol. The lowest BCUT2D eigenvalue weighted by Crippen LogP contribution is -2.06. The van der Waals surface area contributed by atoms with Gasteiger partial charge in [0.05, 0.1) is 0 Å². The number of nitrogens with two attached hydrogens (primary N) is 1. The monoisotopic (exact) mass is 140 g/mol. The van der Waals surface area contributed by atoms with Gasteiger partial charge in [0.15, 0.2) is 0 Å². The normalized spacial score (nSPS) is 15.9. The number of allylic oxidation sites excluding steroid dienone is 2. The number of rotatable bonds is 3. The Bertz CT molecular complexity index is 143. The van der Waals surface area contributed by atoms with Crippen molar-refractivity contribution in [3.63, 3.8) is 0 Å². The predicted octanol–water partition coefficient (Wildman–Crippen LogP) is 1.91. The third-order valence-electron chi connectivity index (χ3n) is 1.75. The molecule has 0 aliphatic carbocycles. The minimum atomic E-state index is 0.419. The van der Waals surface area contributed by atoms with E-state index in [-0.39, 0.29) is 0 Å². The molecule has 2 heteroatoms. The minimum absolute atomic E-state index is 0.419. The topological polar surface area (TPSA) is 49.9 Å². The van der Waals surface area contributed by atoms with Crippen molar-refractivity contribution in [3.8, 4) is 0 Å². The van der Waals surface area contributed by atoms with Crippen molar-refractivity contribution in [1.29, 1.82) is 5.41 Å². The van der Waals surface area contributed by atoms with Crippen LogP contribution in [0.25, 0.3) is 0 Å². The highest BCUT2D eigenvalue weighted by Crippen LogP contribution is 2.13. The van der Waals surface area contributed by atoms with Crippen molar-refractivity contribution in [2.75, 3.05) is 0 Å². The quantitative estimate of drug-likeness (QED) is 0.578. The van der Waals surface area contributed by atoms with Gasteiger partial charge in [-0.05, 0) is 24.8 Å². The fraction of sp³-hybridized carbons (Fsp3) is 0.625. The summed E-state index contributed by atoms with van der Waals surface area (Å²) in [5.41, 5.74) is 7.28. The predicted molar refractivity (Wildman–Crippen MR) is 45.1 cm³/mol. The van der Waals surface area contributed by atoms with E-state index in [1.807, 2.05) is 6.92 Å². The maximum Gasteiger partial charge on any atom is 0.0229 e. The molecule has 10 heavy (non-hydrogen) atoms. The van der Waals surface area contributed by atoms with Crippen molar-refractivity contribution < 1.29 is 0 Å². The Morgan fingerprint density at radius 3 is 2.30 bits per heavy atom. The molecule has 0 bridgehead atoms. The van der Waals surface area contributed by atoms with Gasteiger partial charge < -0.3 is 11.1 Å². The molecule has 0 aromatic carbocycles. The van der Waals surface area contributed by atoms with Gasteiger partial charge in [-0.1, -0.05) is 13.8 Å². The molecule has 1 atom stereocenters. The van der Waals surface area contributed by atoms with Crippen molar-refractivity contribution >= 4 is 6.21 Å². The van der Waals surface area contributed by atoms with Crippen LogP contribution in [-0.2, 0) is 0 Å².